The molecule has 1 fully saturated rings. The fourth-order valence-corrected chi connectivity index (χ4v) is 4.94. The molecule has 1 aliphatic heterocycles. The van der Waals surface area contributed by atoms with Crippen LogP contribution in [-0.2, 0) is 16.3 Å². The lowest BCUT2D eigenvalue weighted by Gasteiger charge is -2.23. The molecule has 112 valence electrons. The number of rotatable bonds is 6. The molecule has 2 rings (SSSR count). The quantitative estimate of drug-likeness (QED) is 0.865. The van der Waals surface area contributed by atoms with Crippen LogP contribution in [0.25, 0.3) is 0 Å². The number of benzene rings is 1. The second kappa shape index (κ2) is 6.59. The van der Waals surface area contributed by atoms with Gasteiger partial charge in [-0.1, -0.05) is 18.2 Å². The van der Waals surface area contributed by atoms with Crippen LogP contribution >= 0.6 is 0 Å². The Morgan fingerprint density at radius 1 is 1.40 bits per heavy atom. The van der Waals surface area contributed by atoms with Crippen molar-refractivity contribution in [2.24, 2.45) is 11.8 Å². The van der Waals surface area contributed by atoms with Crippen LogP contribution in [0.1, 0.15) is 12.0 Å². The standard InChI is InChI=1S/C15H23NO3S/c1-16-10-14(13-7-8-20(17,18)11-13)9-12-5-3-4-6-15(12)19-2/h3-6,13-14,16H,7-11H2,1-2H3. The maximum Gasteiger partial charge on any atom is 0.150 e. The van der Waals surface area contributed by atoms with Gasteiger partial charge in [0.25, 0.3) is 0 Å². The van der Waals surface area contributed by atoms with Gasteiger partial charge in [-0.15, -0.1) is 0 Å². The van der Waals surface area contributed by atoms with Crippen molar-refractivity contribution in [3.05, 3.63) is 29.8 Å². The molecule has 1 saturated heterocycles. The summed E-state index contributed by atoms with van der Waals surface area (Å²) in [5.41, 5.74) is 1.15. The molecule has 0 amide bonds. The fourth-order valence-electron chi connectivity index (χ4n) is 3.02. The minimum absolute atomic E-state index is 0.248. The first kappa shape index (κ1) is 15.3. The van der Waals surface area contributed by atoms with Gasteiger partial charge >= 0.3 is 0 Å². The van der Waals surface area contributed by atoms with Gasteiger partial charge in [0.1, 0.15) is 5.75 Å². The Bertz CT molecular complexity index is 542. The summed E-state index contributed by atoms with van der Waals surface area (Å²) in [5.74, 6) is 2.12. The zero-order valence-corrected chi connectivity index (χ0v) is 12.9. The van der Waals surface area contributed by atoms with Crippen LogP contribution < -0.4 is 10.1 Å². The summed E-state index contributed by atoms with van der Waals surface area (Å²) in [6.45, 7) is 0.832. The highest BCUT2D eigenvalue weighted by atomic mass is 32.2. The molecule has 1 aromatic carbocycles. The predicted molar refractivity (Wildman–Crippen MR) is 80.9 cm³/mol. The lowest BCUT2D eigenvalue weighted by molar-refractivity contribution is 0.343. The monoisotopic (exact) mass is 297 g/mol. The summed E-state index contributed by atoms with van der Waals surface area (Å²) in [6.07, 6.45) is 1.63. The zero-order valence-electron chi connectivity index (χ0n) is 12.1. The number of methoxy groups -OCH3 is 1. The molecule has 0 saturated carbocycles. The average molecular weight is 297 g/mol. The van der Waals surface area contributed by atoms with Gasteiger partial charge in [0, 0.05) is 0 Å². The first-order valence-corrected chi connectivity index (χ1v) is 8.85. The van der Waals surface area contributed by atoms with E-state index < -0.39 is 9.84 Å². The second-order valence-corrected chi connectivity index (χ2v) is 7.73. The van der Waals surface area contributed by atoms with Crippen molar-refractivity contribution >= 4 is 9.84 Å². The normalized spacial score (nSPS) is 22.6. The van der Waals surface area contributed by atoms with Gasteiger partial charge in [-0.05, 0) is 49.9 Å². The molecular weight excluding hydrogens is 274 g/mol. The van der Waals surface area contributed by atoms with Crippen LogP contribution in [0.3, 0.4) is 0 Å². The largest absolute Gasteiger partial charge is 0.496 e. The SMILES string of the molecule is CNCC(Cc1ccccc1OC)C1CCS(=O)(=O)C1. The maximum atomic E-state index is 11.7. The highest BCUT2D eigenvalue weighted by Crippen LogP contribution is 2.30. The van der Waals surface area contributed by atoms with E-state index >= 15 is 0 Å². The van der Waals surface area contributed by atoms with Crippen LogP contribution in [0.2, 0.25) is 0 Å². The van der Waals surface area contributed by atoms with E-state index in [0.717, 1.165) is 30.7 Å². The molecule has 5 heteroatoms. The molecule has 1 heterocycles. The summed E-state index contributed by atoms with van der Waals surface area (Å²) in [7, 11) is 0.762. The first-order chi connectivity index (χ1) is 9.55. The van der Waals surface area contributed by atoms with Crippen LogP contribution in [0, 0.1) is 11.8 Å². The minimum atomic E-state index is -2.83. The second-order valence-electron chi connectivity index (χ2n) is 5.50. The van der Waals surface area contributed by atoms with E-state index in [1.807, 2.05) is 25.2 Å². The third-order valence-corrected chi connectivity index (χ3v) is 5.87. The lowest BCUT2D eigenvalue weighted by Crippen LogP contribution is -2.28. The van der Waals surface area contributed by atoms with E-state index in [9.17, 15) is 8.42 Å². The summed E-state index contributed by atoms with van der Waals surface area (Å²) < 4.78 is 28.7. The molecule has 1 N–H and O–H groups in total. The van der Waals surface area contributed by atoms with Gasteiger partial charge in [0.05, 0.1) is 18.6 Å². The number of hydrogen-bond donors (Lipinski definition) is 1. The average Bonchev–Trinajstić information content (AvgIpc) is 2.79. The summed E-state index contributed by atoms with van der Waals surface area (Å²) >= 11 is 0. The van der Waals surface area contributed by atoms with E-state index in [4.69, 9.17) is 4.74 Å². The van der Waals surface area contributed by atoms with Crippen molar-refractivity contribution < 1.29 is 13.2 Å². The van der Waals surface area contributed by atoms with Crippen LogP contribution in [0.15, 0.2) is 24.3 Å². The predicted octanol–water partition coefficient (Wildman–Crippen LogP) is 1.51. The molecule has 4 nitrogen and oxygen atoms in total. The molecule has 0 radical (unpaired) electrons. The van der Waals surface area contributed by atoms with E-state index in [-0.39, 0.29) is 5.92 Å². The first-order valence-electron chi connectivity index (χ1n) is 7.02. The molecule has 0 bridgehead atoms. The van der Waals surface area contributed by atoms with Crippen molar-refractivity contribution in [3.63, 3.8) is 0 Å². The molecule has 2 atom stereocenters. The smallest absolute Gasteiger partial charge is 0.150 e. The van der Waals surface area contributed by atoms with Crippen LogP contribution in [0.5, 0.6) is 5.75 Å². The Kier molecular flexibility index (Phi) is 5.05. The number of sulfone groups is 1. The Morgan fingerprint density at radius 3 is 2.75 bits per heavy atom. The molecule has 1 aliphatic rings. The Hall–Kier alpha value is -1.07. The van der Waals surface area contributed by atoms with Gasteiger partial charge < -0.3 is 10.1 Å². The topological polar surface area (TPSA) is 55.4 Å². The van der Waals surface area contributed by atoms with Gasteiger partial charge in [-0.2, -0.15) is 0 Å². The van der Waals surface area contributed by atoms with Crippen molar-refractivity contribution in [2.45, 2.75) is 12.8 Å². The van der Waals surface area contributed by atoms with Gasteiger partial charge in [-0.3, -0.25) is 0 Å². The summed E-state index contributed by atoms with van der Waals surface area (Å²) in [5, 5.41) is 3.19. The third-order valence-electron chi connectivity index (χ3n) is 4.08. The van der Waals surface area contributed by atoms with Gasteiger partial charge in [-0.25, -0.2) is 8.42 Å². The molecule has 1 aromatic rings. The highest BCUT2D eigenvalue weighted by Gasteiger charge is 2.33. The molecule has 20 heavy (non-hydrogen) atoms. The molecule has 0 spiro atoms. The highest BCUT2D eigenvalue weighted by molar-refractivity contribution is 7.91. The zero-order chi connectivity index (χ0) is 14.6. The van der Waals surface area contributed by atoms with E-state index in [1.54, 1.807) is 7.11 Å². The maximum absolute atomic E-state index is 11.7. The molecule has 0 aromatic heterocycles. The Balaban J connectivity index is 2.13. The number of para-hydroxylation sites is 1. The van der Waals surface area contributed by atoms with E-state index in [2.05, 4.69) is 11.4 Å². The third kappa shape index (κ3) is 3.73. The lowest BCUT2D eigenvalue weighted by atomic mass is 9.86. The van der Waals surface area contributed by atoms with Crippen molar-refractivity contribution in [3.8, 4) is 5.75 Å². The Labute approximate surface area is 121 Å². The summed E-state index contributed by atoms with van der Waals surface area (Å²) in [6, 6.07) is 7.97. The van der Waals surface area contributed by atoms with Crippen molar-refractivity contribution in [1.29, 1.82) is 0 Å². The number of hydrogen-bond acceptors (Lipinski definition) is 4. The van der Waals surface area contributed by atoms with E-state index in [1.165, 1.54) is 0 Å². The molecule has 2 unspecified atom stereocenters. The molecular formula is C15H23NO3S. The van der Waals surface area contributed by atoms with Crippen LogP contribution in [0.4, 0.5) is 0 Å². The number of nitrogens with one attached hydrogen (secondary N) is 1. The fraction of sp³-hybridized carbons (Fsp3) is 0.600. The number of ether oxygens (including phenoxy) is 1. The van der Waals surface area contributed by atoms with Crippen molar-refractivity contribution in [1.82, 2.24) is 5.32 Å². The summed E-state index contributed by atoms with van der Waals surface area (Å²) in [4.78, 5) is 0. The van der Waals surface area contributed by atoms with Gasteiger partial charge in [0.15, 0.2) is 9.84 Å². The minimum Gasteiger partial charge on any atom is -0.496 e. The van der Waals surface area contributed by atoms with Gasteiger partial charge in [0.2, 0.25) is 0 Å². The Morgan fingerprint density at radius 2 is 2.15 bits per heavy atom. The van der Waals surface area contributed by atoms with Crippen LogP contribution in [-0.4, -0.2) is 40.6 Å². The molecule has 0 aliphatic carbocycles. The van der Waals surface area contributed by atoms with E-state index in [0.29, 0.717) is 17.4 Å². The van der Waals surface area contributed by atoms with Crippen molar-refractivity contribution in [2.75, 3.05) is 32.2 Å².